The van der Waals surface area contributed by atoms with E-state index >= 15 is 0 Å². The zero-order valence-electron chi connectivity index (χ0n) is 22.3. The van der Waals surface area contributed by atoms with Gasteiger partial charge in [-0.05, 0) is 64.4 Å². The minimum Gasteiger partial charge on any atom is -0.317 e. The van der Waals surface area contributed by atoms with E-state index in [4.69, 9.17) is 15.0 Å². The van der Waals surface area contributed by atoms with Crippen molar-refractivity contribution in [1.29, 1.82) is 0 Å². The number of dihydropyridines is 1. The molecule has 2 atom stereocenters. The van der Waals surface area contributed by atoms with Gasteiger partial charge in [0.15, 0.2) is 0 Å². The highest BCUT2D eigenvalue weighted by Gasteiger charge is 2.38. The van der Waals surface area contributed by atoms with Gasteiger partial charge in [-0.1, -0.05) is 97.1 Å². The van der Waals surface area contributed by atoms with E-state index in [1.54, 1.807) is 0 Å². The molecule has 0 saturated carbocycles. The van der Waals surface area contributed by atoms with Crippen LogP contribution in [0.25, 0.3) is 44.5 Å². The predicted octanol–water partition coefficient (Wildman–Crippen LogP) is 8.83. The summed E-state index contributed by atoms with van der Waals surface area (Å²) in [6.07, 6.45) is 6.15. The van der Waals surface area contributed by atoms with Gasteiger partial charge in [-0.15, -0.1) is 0 Å². The minimum absolute atomic E-state index is 0.0784. The Kier molecular flexibility index (Phi) is 5.56. The number of anilines is 2. The Morgan fingerprint density at radius 2 is 1.29 bits per heavy atom. The quantitative estimate of drug-likeness (QED) is 0.230. The summed E-state index contributed by atoms with van der Waals surface area (Å²) in [4.78, 5) is 17.4. The van der Waals surface area contributed by atoms with E-state index in [0.29, 0.717) is 0 Å². The van der Waals surface area contributed by atoms with E-state index in [9.17, 15) is 0 Å². The predicted molar refractivity (Wildman–Crippen MR) is 169 cm³/mol. The summed E-state index contributed by atoms with van der Waals surface area (Å²) >= 11 is 0. The van der Waals surface area contributed by atoms with Gasteiger partial charge in [0.05, 0.1) is 23.1 Å². The molecule has 2 aliphatic heterocycles. The standard InChI is InChI=1S/C37H26N4/c1-2-11-26-24-27(22-21-25(26)10-1)28-12-3-4-13-29(28)31-15-7-16-32(39-31)33-17-8-20-36(40-33)41-34-18-6-5-14-30(34)37-35(41)19-9-23-38-37/h1-24,35,37H. The molecule has 194 valence electrons. The molecule has 4 heteroatoms. The van der Waals surface area contributed by atoms with Gasteiger partial charge >= 0.3 is 0 Å². The molecule has 4 heterocycles. The molecule has 0 radical (unpaired) electrons. The van der Waals surface area contributed by atoms with Crippen LogP contribution in [0.3, 0.4) is 0 Å². The van der Waals surface area contributed by atoms with Crippen LogP contribution >= 0.6 is 0 Å². The van der Waals surface area contributed by atoms with Crippen molar-refractivity contribution in [3.05, 3.63) is 145 Å². The van der Waals surface area contributed by atoms with Crippen molar-refractivity contribution in [2.75, 3.05) is 4.90 Å². The third-order valence-corrected chi connectivity index (χ3v) is 8.03. The van der Waals surface area contributed by atoms with Gasteiger partial charge in [-0.2, -0.15) is 0 Å². The molecule has 41 heavy (non-hydrogen) atoms. The monoisotopic (exact) mass is 526 g/mol. The first-order valence-electron chi connectivity index (χ1n) is 13.9. The number of aliphatic imine (C=N–C) groups is 1. The Balaban J connectivity index is 1.19. The van der Waals surface area contributed by atoms with Crippen LogP contribution in [0.5, 0.6) is 0 Å². The second kappa shape index (κ2) is 9.68. The second-order valence-corrected chi connectivity index (χ2v) is 10.4. The summed E-state index contributed by atoms with van der Waals surface area (Å²) in [6.45, 7) is 0. The fraction of sp³-hybridized carbons (Fsp3) is 0.0541. The molecular weight excluding hydrogens is 500 g/mol. The third-order valence-electron chi connectivity index (χ3n) is 8.03. The Hall–Kier alpha value is -5.35. The summed E-state index contributed by atoms with van der Waals surface area (Å²) in [5.74, 6) is 0.896. The lowest BCUT2D eigenvalue weighted by molar-refractivity contribution is 0.663. The van der Waals surface area contributed by atoms with Crippen LogP contribution in [-0.2, 0) is 0 Å². The maximum absolute atomic E-state index is 5.14. The average molecular weight is 527 g/mol. The topological polar surface area (TPSA) is 41.4 Å². The van der Waals surface area contributed by atoms with Crippen LogP contribution in [-0.4, -0.2) is 22.2 Å². The summed E-state index contributed by atoms with van der Waals surface area (Å²) in [5.41, 5.74) is 8.44. The van der Waals surface area contributed by atoms with Crippen LogP contribution in [0.2, 0.25) is 0 Å². The largest absolute Gasteiger partial charge is 0.317 e. The Labute approximate surface area is 239 Å². The number of hydrogen-bond donors (Lipinski definition) is 0. The van der Waals surface area contributed by atoms with Crippen molar-refractivity contribution in [1.82, 2.24) is 9.97 Å². The van der Waals surface area contributed by atoms with Crippen LogP contribution in [0.1, 0.15) is 11.6 Å². The smallest absolute Gasteiger partial charge is 0.134 e. The maximum Gasteiger partial charge on any atom is 0.134 e. The lowest BCUT2D eigenvalue weighted by atomic mass is 9.95. The molecule has 0 bridgehead atoms. The molecule has 4 nitrogen and oxygen atoms in total. The number of rotatable bonds is 4. The highest BCUT2D eigenvalue weighted by atomic mass is 15.3. The fourth-order valence-corrected chi connectivity index (χ4v) is 6.13. The highest BCUT2D eigenvalue weighted by Crippen LogP contribution is 2.46. The van der Waals surface area contributed by atoms with E-state index in [0.717, 1.165) is 39.7 Å². The molecule has 0 fully saturated rings. The molecule has 4 aromatic carbocycles. The number of aromatic nitrogens is 2. The third kappa shape index (κ3) is 4.04. The van der Waals surface area contributed by atoms with E-state index < -0.39 is 0 Å². The van der Waals surface area contributed by atoms with E-state index in [2.05, 4.69) is 126 Å². The van der Waals surface area contributed by atoms with Crippen molar-refractivity contribution in [3.63, 3.8) is 0 Å². The first-order chi connectivity index (χ1) is 20.3. The van der Waals surface area contributed by atoms with Crippen LogP contribution < -0.4 is 4.90 Å². The Bertz CT molecular complexity index is 1990. The minimum atomic E-state index is 0.0784. The average Bonchev–Trinajstić information content (AvgIpc) is 3.39. The van der Waals surface area contributed by atoms with Crippen LogP contribution in [0, 0.1) is 0 Å². The molecule has 2 aliphatic rings. The van der Waals surface area contributed by atoms with Crippen molar-refractivity contribution < 1.29 is 0 Å². The number of benzene rings is 4. The molecule has 0 spiro atoms. The van der Waals surface area contributed by atoms with Gasteiger partial charge in [-0.25, -0.2) is 9.97 Å². The molecule has 0 N–H and O–H groups in total. The zero-order valence-corrected chi connectivity index (χ0v) is 22.3. The number of allylic oxidation sites excluding steroid dienone is 1. The molecule has 2 unspecified atom stereocenters. The maximum atomic E-state index is 5.14. The molecule has 0 amide bonds. The SMILES string of the molecule is C1=CC2C(N=C1)c1ccccc1N2c1cccc(-c2cccc(-c3ccccc3-c3ccc4ccccc4c3)n2)n1. The van der Waals surface area contributed by atoms with Crippen LogP contribution in [0.4, 0.5) is 11.5 Å². The fourth-order valence-electron chi connectivity index (χ4n) is 6.13. The lowest BCUT2D eigenvalue weighted by Gasteiger charge is -2.27. The number of hydrogen-bond acceptors (Lipinski definition) is 4. The van der Waals surface area contributed by atoms with Gasteiger partial charge in [0, 0.05) is 23.0 Å². The highest BCUT2D eigenvalue weighted by molar-refractivity contribution is 5.91. The first kappa shape index (κ1) is 23.5. The molecule has 2 aromatic heterocycles. The van der Waals surface area contributed by atoms with Gasteiger partial charge in [0.25, 0.3) is 0 Å². The van der Waals surface area contributed by atoms with Crippen molar-refractivity contribution in [3.8, 4) is 33.8 Å². The van der Waals surface area contributed by atoms with E-state index in [1.165, 1.54) is 21.9 Å². The number of pyridine rings is 2. The molecular formula is C37H26N4. The Morgan fingerprint density at radius 1 is 0.561 bits per heavy atom. The Morgan fingerprint density at radius 3 is 2.22 bits per heavy atom. The van der Waals surface area contributed by atoms with Crippen molar-refractivity contribution >= 4 is 28.5 Å². The van der Waals surface area contributed by atoms with Crippen molar-refractivity contribution in [2.24, 2.45) is 4.99 Å². The number of nitrogens with zero attached hydrogens (tertiary/aromatic N) is 4. The second-order valence-electron chi connectivity index (χ2n) is 10.4. The van der Waals surface area contributed by atoms with Crippen LogP contribution in [0.15, 0.2) is 145 Å². The molecule has 0 saturated heterocycles. The summed E-state index contributed by atoms with van der Waals surface area (Å²) < 4.78 is 0. The summed E-state index contributed by atoms with van der Waals surface area (Å²) in [7, 11) is 0. The number of fused-ring (bicyclic) bond motifs is 4. The van der Waals surface area contributed by atoms with E-state index in [1.807, 2.05) is 24.4 Å². The molecule has 0 aliphatic carbocycles. The molecule has 8 rings (SSSR count). The van der Waals surface area contributed by atoms with Crippen molar-refractivity contribution in [2.45, 2.75) is 12.1 Å². The van der Waals surface area contributed by atoms with Gasteiger partial charge < -0.3 is 4.90 Å². The number of para-hydroxylation sites is 1. The van der Waals surface area contributed by atoms with Gasteiger partial charge in [0.2, 0.25) is 0 Å². The lowest BCUT2D eigenvalue weighted by Crippen LogP contribution is -2.29. The summed E-state index contributed by atoms with van der Waals surface area (Å²) in [5, 5.41) is 2.47. The first-order valence-corrected chi connectivity index (χ1v) is 13.9. The normalized spacial score (nSPS) is 17.0. The van der Waals surface area contributed by atoms with Gasteiger partial charge in [0.1, 0.15) is 11.9 Å². The van der Waals surface area contributed by atoms with Gasteiger partial charge in [-0.3, -0.25) is 4.99 Å². The zero-order chi connectivity index (χ0) is 27.2. The van der Waals surface area contributed by atoms with E-state index in [-0.39, 0.29) is 12.1 Å². The molecule has 6 aromatic rings. The summed E-state index contributed by atoms with van der Waals surface area (Å²) in [6, 6.07) is 44.7.